The molecule has 0 aliphatic carbocycles. The highest BCUT2D eigenvalue weighted by atomic mass is 16.5. The second-order valence-corrected chi connectivity index (χ2v) is 3.21. The van der Waals surface area contributed by atoms with Crippen LogP contribution in [0.5, 0.6) is 5.88 Å². The Hall–Kier alpha value is -1.51. The standard InChI is InChI=1S/C10H12N2O/c1-7-3-9-6-11-5-8(2)13-10(9)12-4-7/h3-5,11H,6H2,1-2H3. The minimum atomic E-state index is 0.712. The lowest BCUT2D eigenvalue weighted by Gasteiger charge is -2.05. The zero-order chi connectivity index (χ0) is 9.26. The van der Waals surface area contributed by atoms with Crippen molar-refractivity contribution in [3.05, 3.63) is 35.3 Å². The van der Waals surface area contributed by atoms with Crippen LogP contribution in [0.3, 0.4) is 0 Å². The molecule has 2 heterocycles. The summed E-state index contributed by atoms with van der Waals surface area (Å²) in [6.07, 6.45) is 3.68. The van der Waals surface area contributed by atoms with E-state index < -0.39 is 0 Å². The Bertz CT molecular complexity index is 358. The molecule has 1 aliphatic heterocycles. The van der Waals surface area contributed by atoms with Crippen LogP contribution in [0.1, 0.15) is 18.1 Å². The van der Waals surface area contributed by atoms with Crippen LogP contribution >= 0.6 is 0 Å². The molecule has 1 N–H and O–H groups in total. The van der Waals surface area contributed by atoms with E-state index in [1.807, 2.05) is 26.2 Å². The van der Waals surface area contributed by atoms with Crippen LogP contribution in [-0.2, 0) is 6.54 Å². The van der Waals surface area contributed by atoms with Gasteiger partial charge in [0, 0.05) is 24.5 Å². The topological polar surface area (TPSA) is 34.2 Å². The van der Waals surface area contributed by atoms with E-state index in [1.165, 1.54) is 0 Å². The second kappa shape index (κ2) is 3.09. The third-order valence-electron chi connectivity index (χ3n) is 1.92. The maximum Gasteiger partial charge on any atom is 0.223 e. The van der Waals surface area contributed by atoms with E-state index in [4.69, 9.17) is 4.74 Å². The summed E-state index contributed by atoms with van der Waals surface area (Å²) in [6.45, 7) is 4.71. The Balaban J connectivity index is 2.40. The van der Waals surface area contributed by atoms with Crippen LogP contribution in [-0.4, -0.2) is 4.98 Å². The Kier molecular flexibility index (Phi) is 1.93. The summed E-state index contributed by atoms with van der Waals surface area (Å²) in [5.41, 5.74) is 2.26. The summed E-state index contributed by atoms with van der Waals surface area (Å²) in [5.74, 6) is 1.56. The molecule has 0 fully saturated rings. The molecule has 13 heavy (non-hydrogen) atoms. The first-order valence-electron chi connectivity index (χ1n) is 4.29. The van der Waals surface area contributed by atoms with Gasteiger partial charge in [0.15, 0.2) is 0 Å². The molecule has 0 radical (unpaired) electrons. The maximum absolute atomic E-state index is 5.50. The van der Waals surface area contributed by atoms with E-state index in [1.54, 1.807) is 0 Å². The van der Waals surface area contributed by atoms with Crippen molar-refractivity contribution >= 4 is 0 Å². The first-order chi connectivity index (χ1) is 6.25. The number of aryl methyl sites for hydroxylation is 1. The lowest BCUT2D eigenvalue weighted by molar-refractivity contribution is 0.409. The summed E-state index contributed by atoms with van der Waals surface area (Å²) < 4.78 is 5.50. The van der Waals surface area contributed by atoms with Gasteiger partial charge in [0.2, 0.25) is 5.88 Å². The van der Waals surface area contributed by atoms with E-state index in [2.05, 4.69) is 16.4 Å². The zero-order valence-corrected chi connectivity index (χ0v) is 7.79. The molecule has 1 aromatic rings. The first-order valence-corrected chi connectivity index (χ1v) is 4.29. The fourth-order valence-corrected chi connectivity index (χ4v) is 1.32. The molecule has 0 aromatic carbocycles. The minimum absolute atomic E-state index is 0.712. The highest BCUT2D eigenvalue weighted by Gasteiger charge is 2.09. The van der Waals surface area contributed by atoms with Gasteiger partial charge in [0.05, 0.1) is 0 Å². The average molecular weight is 176 g/mol. The van der Waals surface area contributed by atoms with Gasteiger partial charge in [-0.1, -0.05) is 0 Å². The van der Waals surface area contributed by atoms with Gasteiger partial charge in [-0.3, -0.25) is 0 Å². The van der Waals surface area contributed by atoms with Crippen molar-refractivity contribution < 1.29 is 4.74 Å². The van der Waals surface area contributed by atoms with Crippen molar-refractivity contribution in [1.29, 1.82) is 0 Å². The number of aromatic nitrogens is 1. The fourth-order valence-electron chi connectivity index (χ4n) is 1.32. The van der Waals surface area contributed by atoms with Crippen molar-refractivity contribution in [3.63, 3.8) is 0 Å². The summed E-state index contributed by atoms with van der Waals surface area (Å²) in [4.78, 5) is 4.23. The molecule has 0 amide bonds. The van der Waals surface area contributed by atoms with E-state index in [0.29, 0.717) is 5.88 Å². The quantitative estimate of drug-likeness (QED) is 0.653. The number of rotatable bonds is 0. The highest BCUT2D eigenvalue weighted by molar-refractivity contribution is 5.31. The predicted molar refractivity (Wildman–Crippen MR) is 50.2 cm³/mol. The molecule has 1 aliphatic rings. The smallest absolute Gasteiger partial charge is 0.223 e. The van der Waals surface area contributed by atoms with E-state index >= 15 is 0 Å². The van der Waals surface area contributed by atoms with Crippen molar-refractivity contribution in [2.75, 3.05) is 0 Å². The van der Waals surface area contributed by atoms with E-state index in [9.17, 15) is 0 Å². The molecular weight excluding hydrogens is 164 g/mol. The molecule has 0 bridgehead atoms. The first kappa shape index (κ1) is 8.10. The largest absolute Gasteiger partial charge is 0.442 e. The molecule has 0 atom stereocenters. The number of nitrogens with one attached hydrogen (secondary N) is 1. The molecule has 68 valence electrons. The number of pyridine rings is 1. The Morgan fingerprint density at radius 2 is 2.31 bits per heavy atom. The van der Waals surface area contributed by atoms with Crippen molar-refractivity contribution in [2.45, 2.75) is 20.4 Å². The lowest BCUT2D eigenvalue weighted by Crippen LogP contribution is -2.03. The van der Waals surface area contributed by atoms with E-state index in [0.717, 1.165) is 23.4 Å². The molecule has 1 aromatic heterocycles. The van der Waals surface area contributed by atoms with Crippen molar-refractivity contribution in [2.24, 2.45) is 0 Å². The normalized spacial score (nSPS) is 14.8. The lowest BCUT2D eigenvalue weighted by atomic mass is 10.2. The molecule has 0 spiro atoms. The van der Waals surface area contributed by atoms with Gasteiger partial charge in [-0.05, 0) is 25.5 Å². The Labute approximate surface area is 77.4 Å². The average Bonchev–Trinajstić information content (AvgIpc) is 2.25. The van der Waals surface area contributed by atoms with Gasteiger partial charge < -0.3 is 10.1 Å². The van der Waals surface area contributed by atoms with Crippen LogP contribution in [0.15, 0.2) is 24.2 Å². The van der Waals surface area contributed by atoms with Gasteiger partial charge in [0.1, 0.15) is 5.76 Å². The van der Waals surface area contributed by atoms with Crippen molar-refractivity contribution in [1.82, 2.24) is 10.3 Å². The van der Waals surface area contributed by atoms with Gasteiger partial charge in [-0.2, -0.15) is 0 Å². The maximum atomic E-state index is 5.50. The van der Waals surface area contributed by atoms with Gasteiger partial charge >= 0.3 is 0 Å². The fraction of sp³-hybridized carbons (Fsp3) is 0.300. The van der Waals surface area contributed by atoms with Crippen LogP contribution < -0.4 is 10.1 Å². The summed E-state index contributed by atoms with van der Waals surface area (Å²) in [5, 5.41) is 3.15. The van der Waals surface area contributed by atoms with Gasteiger partial charge in [-0.25, -0.2) is 4.98 Å². The number of allylic oxidation sites excluding steroid dienone is 1. The van der Waals surface area contributed by atoms with Crippen LogP contribution in [0.2, 0.25) is 0 Å². The molecule has 0 saturated heterocycles. The molecular formula is C10H12N2O. The van der Waals surface area contributed by atoms with Gasteiger partial charge in [-0.15, -0.1) is 0 Å². The number of fused-ring (bicyclic) bond motifs is 1. The molecule has 2 rings (SSSR count). The van der Waals surface area contributed by atoms with Crippen molar-refractivity contribution in [3.8, 4) is 5.88 Å². The zero-order valence-electron chi connectivity index (χ0n) is 7.79. The number of hydrogen-bond acceptors (Lipinski definition) is 3. The third kappa shape index (κ3) is 1.64. The Morgan fingerprint density at radius 1 is 1.46 bits per heavy atom. The van der Waals surface area contributed by atoms with Crippen LogP contribution in [0.4, 0.5) is 0 Å². The number of ether oxygens (including phenoxy) is 1. The number of hydrogen-bond donors (Lipinski definition) is 1. The monoisotopic (exact) mass is 176 g/mol. The summed E-state index contributed by atoms with van der Waals surface area (Å²) >= 11 is 0. The molecule has 0 unspecified atom stereocenters. The minimum Gasteiger partial charge on any atom is -0.442 e. The van der Waals surface area contributed by atoms with Crippen LogP contribution in [0.25, 0.3) is 0 Å². The molecule has 3 nitrogen and oxygen atoms in total. The molecule has 3 heteroatoms. The summed E-state index contributed by atoms with van der Waals surface area (Å²) in [6, 6.07) is 2.09. The summed E-state index contributed by atoms with van der Waals surface area (Å²) in [7, 11) is 0. The third-order valence-corrected chi connectivity index (χ3v) is 1.92. The van der Waals surface area contributed by atoms with Gasteiger partial charge in [0.25, 0.3) is 0 Å². The van der Waals surface area contributed by atoms with Crippen LogP contribution in [0, 0.1) is 6.92 Å². The predicted octanol–water partition coefficient (Wildman–Crippen LogP) is 1.73. The second-order valence-electron chi connectivity index (χ2n) is 3.21. The highest BCUT2D eigenvalue weighted by Crippen LogP contribution is 2.20. The van der Waals surface area contributed by atoms with E-state index in [-0.39, 0.29) is 0 Å². The Morgan fingerprint density at radius 3 is 3.15 bits per heavy atom. The number of nitrogens with zero attached hydrogens (tertiary/aromatic N) is 1. The SMILES string of the molecule is CC1=CNCc2cc(C)cnc2O1. The molecule has 0 saturated carbocycles.